The summed E-state index contributed by atoms with van der Waals surface area (Å²) in [5.74, 6) is 0. The van der Waals surface area contributed by atoms with E-state index in [4.69, 9.17) is 4.74 Å². The van der Waals surface area contributed by atoms with E-state index in [1.807, 2.05) is 0 Å². The summed E-state index contributed by atoms with van der Waals surface area (Å²) >= 11 is 0. The van der Waals surface area contributed by atoms with Crippen LogP contribution in [0.2, 0.25) is 0 Å². The molecule has 0 bridgehead atoms. The van der Waals surface area contributed by atoms with E-state index in [0.717, 1.165) is 19.7 Å². The number of ether oxygens (including phenoxy) is 1. The third kappa shape index (κ3) is 4.80. The summed E-state index contributed by atoms with van der Waals surface area (Å²) in [6, 6.07) is 11.5. The molecule has 2 aliphatic heterocycles. The summed E-state index contributed by atoms with van der Waals surface area (Å²) in [6.07, 6.45) is 6.82. The molecule has 21 heavy (non-hydrogen) atoms. The van der Waals surface area contributed by atoms with Gasteiger partial charge in [0.2, 0.25) is 0 Å². The lowest BCUT2D eigenvalue weighted by Crippen LogP contribution is -2.45. The number of hydrogen-bond acceptors (Lipinski definition) is 3. The molecule has 2 heterocycles. The van der Waals surface area contributed by atoms with Crippen molar-refractivity contribution in [2.24, 2.45) is 0 Å². The molecule has 0 aliphatic carbocycles. The third-order valence-corrected chi connectivity index (χ3v) is 4.68. The Bertz CT molecular complexity index is 403. The van der Waals surface area contributed by atoms with E-state index in [-0.39, 0.29) is 0 Å². The maximum absolute atomic E-state index is 5.69. The number of rotatable bonds is 6. The highest BCUT2D eigenvalue weighted by Crippen LogP contribution is 2.16. The highest BCUT2D eigenvalue weighted by molar-refractivity contribution is 5.14. The highest BCUT2D eigenvalue weighted by atomic mass is 16.5. The summed E-state index contributed by atoms with van der Waals surface area (Å²) < 4.78 is 5.69. The minimum Gasteiger partial charge on any atom is -0.378 e. The van der Waals surface area contributed by atoms with Crippen molar-refractivity contribution in [1.82, 2.24) is 10.2 Å². The van der Waals surface area contributed by atoms with Crippen LogP contribution in [0, 0.1) is 0 Å². The van der Waals surface area contributed by atoms with Crippen molar-refractivity contribution in [1.29, 1.82) is 0 Å². The van der Waals surface area contributed by atoms with Gasteiger partial charge in [-0.25, -0.2) is 0 Å². The second-order valence-electron chi connectivity index (χ2n) is 6.44. The van der Waals surface area contributed by atoms with Crippen molar-refractivity contribution in [2.45, 2.75) is 50.8 Å². The monoisotopic (exact) mass is 288 g/mol. The summed E-state index contributed by atoms with van der Waals surface area (Å²) in [7, 11) is 0. The lowest BCUT2D eigenvalue weighted by molar-refractivity contribution is 0.101. The molecule has 2 fully saturated rings. The summed E-state index contributed by atoms with van der Waals surface area (Å²) in [5, 5.41) is 3.74. The van der Waals surface area contributed by atoms with E-state index in [2.05, 4.69) is 40.5 Å². The molecule has 0 amide bonds. The fourth-order valence-corrected chi connectivity index (χ4v) is 3.53. The Balaban J connectivity index is 1.38. The van der Waals surface area contributed by atoms with Gasteiger partial charge in [-0.05, 0) is 50.8 Å². The van der Waals surface area contributed by atoms with Crippen LogP contribution in [0.4, 0.5) is 0 Å². The van der Waals surface area contributed by atoms with Crippen molar-refractivity contribution >= 4 is 0 Å². The van der Waals surface area contributed by atoms with E-state index in [9.17, 15) is 0 Å². The van der Waals surface area contributed by atoms with E-state index in [1.165, 1.54) is 50.8 Å². The summed E-state index contributed by atoms with van der Waals surface area (Å²) in [5.41, 5.74) is 1.43. The van der Waals surface area contributed by atoms with Crippen molar-refractivity contribution in [2.75, 3.05) is 26.2 Å². The molecule has 2 saturated heterocycles. The molecule has 2 atom stereocenters. The van der Waals surface area contributed by atoms with E-state index < -0.39 is 0 Å². The van der Waals surface area contributed by atoms with Crippen LogP contribution in [0.5, 0.6) is 0 Å². The summed E-state index contributed by atoms with van der Waals surface area (Å²) in [6.45, 7) is 5.58. The first-order chi connectivity index (χ1) is 10.4. The van der Waals surface area contributed by atoms with Gasteiger partial charge in [-0.3, -0.25) is 4.90 Å². The Kier molecular flexibility index (Phi) is 5.67. The predicted molar refractivity (Wildman–Crippen MR) is 86.3 cm³/mol. The fraction of sp³-hybridized carbons (Fsp3) is 0.667. The van der Waals surface area contributed by atoms with Crippen LogP contribution in [0.25, 0.3) is 0 Å². The Morgan fingerprint density at radius 3 is 2.86 bits per heavy atom. The van der Waals surface area contributed by atoms with Crippen molar-refractivity contribution < 1.29 is 4.74 Å². The van der Waals surface area contributed by atoms with Gasteiger partial charge >= 0.3 is 0 Å². The van der Waals surface area contributed by atoms with Crippen LogP contribution in [0.3, 0.4) is 0 Å². The highest BCUT2D eigenvalue weighted by Gasteiger charge is 2.20. The summed E-state index contributed by atoms with van der Waals surface area (Å²) in [4.78, 5) is 2.59. The minimum absolute atomic E-state index is 0.515. The second kappa shape index (κ2) is 7.92. The third-order valence-electron chi connectivity index (χ3n) is 4.68. The maximum Gasteiger partial charge on any atom is 0.0588 e. The van der Waals surface area contributed by atoms with E-state index >= 15 is 0 Å². The van der Waals surface area contributed by atoms with Crippen LogP contribution >= 0.6 is 0 Å². The first-order valence-corrected chi connectivity index (χ1v) is 8.51. The zero-order valence-corrected chi connectivity index (χ0v) is 13.0. The van der Waals surface area contributed by atoms with Gasteiger partial charge < -0.3 is 10.1 Å². The van der Waals surface area contributed by atoms with Gasteiger partial charge in [0.1, 0.15) is 0 Å². The molecular weight excluding hydrogens is 260 g/mol. The molecule has 3 heteroatoms. The molecule has 1 N–H and O–H groups in total. The first kappa shape index (κ1) is 15.0. The smallest absolute Gasteiger partial charge is 0.0588 e. The number of hydrogen-bond donors (Lipinski definition) is 1. The molecule has 0 aromatic heterocycles. The molecule has 1 aromatic carbocycles. The Labute approximate surface area is 128 Å². The maximum atomic E-state index is 5.69. The van der Waals surface area contributed by atoms with Crippen LogP contribution in [-0.2, 0) is 11.3 Å². The van der Waals surface area contributed by atoms with Gasteiger partial charge in [-0.2, -0.15) is 0 Å². The molecule has 0 saturated carbocycles. The predicted octanol–water partition coefficient (Wildman–Crippen LogP) is 2.81. The Morgan fingerprint density at radius 1 is 1.14 bits per heavy atom. The zero-order valence-electron chi connectivity index (χ0n) is 13.0. The van der Waals surface area contributed by atoms with E-state index in [1.54, 1.807) is 0 Å². The second-order valence-corrected chi connectivity index (χ2v) is 6.44. The molecule has 0 spiro atoms. The average molecular weight is 288 g/mol. The van der Waals surface area contributed by atoms with Crippen LogP contribution < -0.4 is 5.32 Å². The molecule has 2 aliphatic rings. The lowest BCUT2D eigenvalue weighted by Gasteiger charge is -2.33. The van der Waals surface area contributed by atoms with Crippen molar-refractivity contribution in [3.05, 3.63) is 35.9 Å². The Morgan fingerprint density at radius 2 is 2.05 bits per heavy atom. The lowest BCUT2D eigenvalue weighted by atomic mass is 10.0. The van der Waals surface area contributed by atoms with E-state index in [0.29, 0.717) is 12.1 Å². The van der Waals surface area contributed by atoms with Gasteiger partial charge in [-0.15, -0.1) is 0 Å². The van der Waals surface area contributed by atoms with Gasteiger partial charge in [0, 0.05) is 25.7 Å². The molecule has 0 radical (unpaired) electrons. The average Bonchev–Trinajstić information content (AvgIpc) is 3.02. The number of nitrogens with zero attached hydrogens (tertiary/aromatic N) is 1. The van der Waals surface area contributed by atoms with Gasteiger partial charge in [0.05, 0.1) is 6.10 Å². The molecule has 116 valence electrons. The van der Waals surface area contributed by atoms with Gasteiger partial charge in [0.15, 0.2) is 0 Å². The van der Waals surface area contributed by atoms with Gasteiger partial charge in [0.25, 0.3) is 0 Å². The number of nitrogens with one attached hydrogen (secondary N) is 1. The molecule has 3 nitrogen and oxygen atoms in total. The SMILES string of the molecule is c1ccc(CN2CCCC(NCCC3CCCO3)C2)cc1. The standard InChI is InChI=1S/C18H28N2O/c1-2-6-16(7-3-1)14-20-12-4-8-17(15-20)19-11-10-18-9-5-13-21-18/h1-3,6-7,17-19H,4-5,8-15H2. The Hall–Kier alpha value is -0.900. The zero-order chi connectivity index (χ0) is 14.3. The topological polar surface area (TPSA) is 24.5 Å². The number of likely N-dealkylation sites (tertiary alicyclic amines) is 1. The normalized spacial score (nSPS) is 27.0. The quantitative estimate of drug-likeness (QED) is 0.871. The van der Waals surface area contributed by atoms with Crippen LogP contribution in [0.1, 0.15) is 37.7 Å². The van der Waals surface area contributed by atoms with Crippen LogP contribution in [-0.4, -0.2) is 43.3 Å². The first-order valence-electron chi connectivity index (χ1n) is 8.51. The van der Waals surface area contributed by atoms with Crippen molar-refractivity contribution in [3.63, 3.8) is 0 Å². The van der Waals surface area contributed by atoms with Crippen LogP contribution in [0.15, 0.2) is 30.3 Å². The fourth-order valence-electron chi connectivity index (χ4n) is 3.53. The minimum atomic E-state index is 0.515. The van der Waals surface area contributed by atoms with Crippen molar-refractivity contribution in [3.8, 4) is 0 Å². The molecule has 1 aromatic rings. The molecule has 3 rings (SSSR count). The number of piperidine rings is 1. The van der Waals surface area contributed by atoms with Gasteiger partial charge in [-0.1, -0.05) is 30.3 Å². The largest absolute Gasteiger partial charge is 0.378 e. The number of benzene rings is 1. The molecule has 2 unspecified atom stereocenters. The molecular formula is C18H28N2O.